The fourth-order valence-electron chi connectivity index (χ4n) is 0.792. The van der Waals surface area contributed by atoms with E-state index in [2.05, 4.69) is 15.3 Å². The van der Waals surface area contributed by atoms with Crippen molar-refractivity contribution in [3.05, 3.63) is 35.9 Å². The van der Waals surface area contributed by atoms with Gasteiger partial charge in [-0.05, 0) is 11.6 Å². The van der Waals surface area contributed by atoms with Gasteiger partial charge in [-0.25, -0.2) is 0 Å². The molecule has 0 aliphatic rings. The normalized spacial score (nSPS) is 9.33. The van der Waals surface area contributed by atoms with Crippen LogP contribution in [0, 0.1) is 0 Å². The molecule has 5 heteroatoms. The van der Waals surface area contributed by atoms with E-state index in [-0.39, 0.29) is 0 Å². The summed E-state index contributed by atoms with van der Waals surface area (Å²) in [4.78, 5) is 0. The SMILES string of the molecule is Cl[SiH](Cl)Cc1ccccc1.[SiH3]Br. The van der Waals surface area contributed by atoms with Gasteiger partial charge in [0.05, 0.1) is 8.86 Å². The molecule has 0 saturated heterocycles. The number of benzene rings is 1. The molecule has 0 saturated carbocycles. The van der Waals surface area contributed by atoms with Crippen LogP contribution in [-0.2, 0) is 6.04 Å². The first kappa shape index (κ1) is 12.7. The molecule has 1 aromatic rings. The zero-order valence-electron chi connectivity index (χ0n) is 6.81. The second kappa shape index (κ2) is 8.32. The third-order valence-electron chi connectivity index (χ3n) is 1.23. The first-order valence-corrected chi connectivity index (χ1v) is 13.3. The lowest BCUT2D eigenvalue weighted by molar-refractivity contribution is 1.39. The first-order valence-electron chi connectivity index (χ1n) is 3.49. The molecule has 0 unspecified atom stereocenters. The van der Waals surface area contributed by atoms with Gasteiger partial charge in [-0.3, -0.25) is 0 Å². The van der Waals surface area contributed by atoms with E-state index in [4.69, 9.17) is 22.2 Å². The van der Waals surface area contributed by atoms with Gasteiger partial charge in [0.15, 0.2) is 0 Å². The smallest absolute Gasteiger partial charge is 0.150 e. The Hall–Kier alpha value is 0.714. The Balaban J connectivity index is 0.000000561. The second-order valence-electron chi connectivity index (χ2n) is 2.08. The van der Waals surface area contributed by atoms with Crippen LogP contribution in [0.5, 0.6) is 0 Å². The van der Waals surface area contributed by atoms with Crippen LogP contribution in [0.1, 0.15) is 5.56 Å². The van der Waals surface area contributed by atoms with Crippen molar-refractivity contribution >= 4 is 53.7 Å². The molecule has 1 rings (SSSR count). The van der Waals surface area contributed by atoms with E-state index >= 15 is 0 Å². The maximum atomic E-state index is 5.72. The lowest BCUT2D eigenvalue weighted by Gasteiger charge is -1.97. The fraction of sp³-hybridized carbons (Fsp3) is 0.143. The Labute approximate surface area is 95.3 Å². The molecule has 12 heavy (non-hydrogen) atoms. The van der Waals surface area contributed by atoms with Crippen LogP contribution in [0.4, 0.5) is 0 Å². The molecule has 0 heterocycles. The number of halogens is 3. The van der Waals surface area contributed by atoms with Gasteiger partial charge in [-0.1, -0.05) is 30.3 Å². The van der Waals surface area contributed by atoms with Crippen molar-refractivity contribution in [2.75, 3.05) is 0 Å². The lowest BCUT2D eigenvalue weighted by Crippen LogP contribution is -1.98. The van der Waals surface area contributed by atoms with Gasteiger partial charge < -0.3 is 0 Å². The van der Waals surface area contributed by atoms with Crippen molar-refractivity contribution < 1.29 is 0 Å². The molecule has 68 valence electrons. The van der Waals surface area contributed by atoms with Crippen LogP contribution in [0.3, 0.4) is 0 Å². The van der Waals surface area contributed by atoms with Crippen molar-refractivity contribution in [3.63, 3.8) is 0 Å². The molecule has 0 spiro atoms. The Morgan fingerprint density at radius 1 is 1.17 bits per heavy atom. The summed E-state index contributed by atoms with van der Waals surface area (Å²) in [5.74, 6) is 0. The third kappa shape index (κ3) is 6.25. The molecule has 1 aromatic carbocycles. The molecule has 0 aliphatic carbocycles. The van der Waals surface area contributed by atoms with Crippen molar-refractivity contribution in [2.24, 2.45) is 0 Å². The fourth-order valence-corrected chi connectivity index (χ4v) is 2.49. The van der Waals surface area contributed by atoms with Gasteiger partial charge in [-0.2, -0.15) is 0 Å². The van der Waals surface area contributed by atoms with Gasteiger partial charge in [-0.15, -0.1) is 37.5 Å². The van der Waals surface area contributed by atoms with Crippen molar-refractivity contribution in [3.8, 4) is 0 Å². The van der Waals surface area contributed by atoms with Gasteiger partial charge in [0.2, 0.25) is 7.42 Å². The molecule has 0 fully saturated rings. The molecule has 0 N–H and O–H groups in total. The predicted octanol–water partition coefficient (Wildman–Crippen LogP) is 2.13. The van der Waals surface area contributed by atoms with E-state index in [1.54, 1.807) is 0 Å². The van der Waals surface area contributed by atoms with Crippen molar-refractivity contribution in [2.45, 2.75) is 6.04 Å². The van der Waals surface area contributed by atoms with E-state index in [9.17, 15) is 0 Å². The third-order valence-corrected chi connectivity index (χ3v) is 2.94. The highest BCUT2D eigenvalue weighted by Gasteiger charge is 2.01. The van der Waals surface area contributed by atoms with Gasteiger partial charge >= 0.3 is 0 Å². The molecular weight excluding hydrogens is 291 g/mol. The van der Waals surface area contributed by atoms with Gasteiger partial charge in [0.25, 0.3) is 0 Å². The van der Waals surface area contributed by atoms with E-state index in [0.717, 1.165) is 14.9 Å². The summed E-state index contributed by atoms with van der Waals surface area (Å²) in [6.07, 6.45) is 0. The maximum Gasteiger partial charge on any atom is 0.241 e. The summed E-state index contributed by atoms with van der Waals surface area (Å²) in [5, 5.41) is 0. The lowest BCUT2D eigenvalue weighted by atomic mass is 10.2. The Kier molecular flexibility index (Phi) is 8.81. The molecule has 0 bridgehead atoms. The highest BCUT2D eigenvalue weighted by molar-refractivity contribution is 9.22. The van der Waals surface area contributed by atoms with Crippen LogP contribution >= 0.6 is 37.5 Å². The minimum atomic E-state index is -1.45. The van der Waals surface area contributed by atoms with E-state index < -0.39 is 7.42 Å². The maximum absolute atomic E-state index is 5.72. The Bertz CT molecular complexity index is 194. The van der Waals surface area contributed by atoms with E-state index in [1.165, 1.54) is 5.56 Å². The standard InChI is InChI=1S/C7H8Cl2Si.BrH3Si/c8-10(9)6-7-4-2-1-3-5-7;1-2/h1-5,10H,6H2;2H3. The minimum Gasteiger partial charge on any atom is -0.150 e. The summed E-state index contributed by atoms with van der Waals surface area (Å²) in [5.41, 5.74) is 1.24. The topological polar surface area (TPSA) is 0 Å². The summed E-state index contributed by atoms with van der Waals surface area (Å²) >= 11 is 14.5. The predicted molar refractivity (Wildman–Crippen MR) is 67.9 cm³/mol. The molecule has 0 aromatic heterocycles. The van der Waals surface area contributed by atoms with Gasteiger partial charge in [0, 0.05) is 0 Å². The number of rotatable bonds is 2. The van der Waals surface area contributed by atoms with Gasteiger partial charge in [0.1, 0.15) is 0 Å². The quantitative estimate of drug-likeness (QED) is 0.580. The van der Waals surface area contributed by atoms with Crippen LogP contribution in [0.2, 0.25) is 0 Å². The minimum absolute atomic E-state index is 0.865. The number of hydrogen-bond acceptors (Lipinski definition) is 0. The summed E-state index contributed by atoms with van der Waals surface area (Å²) < 4.78 is 0. The van der Waals surface area contributed by atoms with Crippen molar-refractivity contribution in [1.29, 1.82) is 0 Å². The van der Waals surface area contributed by atoms with Crippen LogP contribution in [-0.4, -0.2) is 16.3 Å². The Morgan fingerprint density at radius 2 is 1.67 bits per heavy atom. The van der Waals surface area contributed by atoms with E-state index in [0.29, 0.717) is 0 Å². The first-order chi connectivity index (χ1) is 5.79. The zero-order valence-corrected chi connectivity index (χ0v) is 13.1. The Morgan fingerprint density at radius 3 is 2.08 bits per heavy atom. The largest absolute Gasteiger partial charge is 0.241 e. The molecule has 0 nitrogen and oxygen atoms in total. The molecule has 0 aliphatic heterocycles. The monoisotopic (exact) mass is 300 g/mol. The average molecular weight is 302 g/mol. The van der Waals surface area contributed by atoms with Crippen LogP contribution in [0.15, 0.2) is 30.3 Å². The van der Waals surface area contributed by atoms with E-state index in [1.807, 2.05) is 30.3 Å². The van der Waals surface area contributed by atoms with Crippen LogP contribution in [0.25, 0.3) is 0 Å². The summed E-state index contributed by atoms with van der Waals surface area (Å²) in [7, 11) is -0.335. The van der Waals surface area contributed by atoms with Crippen LogP contribution < -0.4 is 0 Å². The zero-order chi connectivity index (χ0) is 9.40. The molecule has 0 radical (unpaired) electrons. The highest BCUT2D eigenvalue weighted by Crippen LogP contribution is 2.06. The number of hydrogen-bond donors (Lipinski definition) is 0. The second-order valence-corrected chi connectivity index (χ2v) is 7.10. The summed E-state index contributed by atoms with van der Waals surface area (Å²) in [6, 6.07) is 10.9. The molecule has 0 atom stereocenters. The van der Waals surface area contributed by atoms with Crippen molar-refractivity contribution in [1.82, 2.24) is 0 Å². The highest BCUT2D eigenvalue weighted by atomic mass is 79.9. The average Bonchev–Trinajstić information content (AvgIpc) is 2.08. The molecular formula is C7H11BrCl2Si2. The molecule has 0 amide bonds. The summed E-state index contributed by atoms with van der Waals surface area (Å²) in [6.45, 7) is 0.